The highest BCUT2D eigenvalue weighted by Gasteiger charge is 2.32. The first-order chi connectivity index (χ1) is 8.15. The van der Waals surface area contributed by atoms with Gasteiger partial charge in [0.1, 0.15) is 0 Å². The molecule has 1 fully saturated rings. The number of hydrogen-bond donors (Lipinski definition) is 1. The van der Waals surface area contributed by atoms with E-state index in [1.54, 1.807) is 0 Å². The number of aryl methyl sites for hydroxylation is 1. The van der Waals surface area contributed by atoms with Gasteiger partial charge in [0.05, 0.1) is 5.60 Å². The number of nitrogens with zero attached hydrogens (tertiary/aromatic N) is 1. The number of hydrogen-bond acceptors (Lipinski definition) is 2. The van der Waals surface area contributed by atoms with Crippen molar-refractivity contribution in [2.24, 2.45) is 0 Å². The second-order valence-corrected chi connectivity index (χ2v) is 5.13. The molecule has 1 saturated heterocycles. The molecule has 0 spiro atoms. The molecule has 0 bridgehead atoms. The Morgan fingerprint density at radius 2 is 2.00 bits per heavy atom. The zero-order chi connectivity index (χ0) is 12.3. The Bertz CT molecular complexity index is 377. The quantitative estimate of drug-likeness (QED) is 0.849. The molecule has 94 valence electrons. The zero-order valence-electron chi connectivity index (χ0n) is 10.9. The number of benzene rings is 1. The first kappa shape index (κ1) is 12.6. The molecule has 0 aromatic heterocycles. The van der Waals surface area contributed by atoms with Crippen LogP contribution < -0.4 is 0 Å². The van der Waals surface area contributed by atoms with E-state index in [4.69, 9.17) is 0 Å². The van der Waals surface area contributed by atoms with Gasteiger partial charge in [-0.25, -0.2) is 0 Å². The van der Waals surface area contributed by atoms with Crippen molar-refractivity contribution in [2.45, 2.75) is 38.7 Å². The third-order valence-electron chi connectivity index (χ3n) is 4.00. The average molecular weight is 233 g/mol. The molecular formula is C15H23NO. The molecule has 2 nitrogen and oxygen atoms in total. The second kappa shape index (κ2) is 5.19. The van der Waals surface area contributed by atoms with Gasteiger partial charge in [-0.05, 0) is 50.4 Å². The highest BCUT2D eigenvalue weighted by atomic mass is 16.3. The summed E-state index contributed by atoms with van der Waals surface area (Å²) in [6.45, 7) is 7.49. The maximum atomic E-state index is 10.9. The molecule has 1 atom stereocenters. The van der Waals surface area contributed by atoms with Gasteiger partial charge in [-0.2, -0.15) is 0 Å². The third kappa shape index (κ3) is 2.70. The predicted octanol–water partition coefficient (Wildman–Crippen LogP) is 2.69. The maximum absolute atomic E-state index is 10.9. The van der Waals surface area contributed by atoms with Gasteiger partial charge in [0, 0.05) is 6.54 Å². The second-order valence-electron chi connectivity index (χ2n) is 5.13. The zero-order valence-corrected chi connectivity index (χ0v) is 10.9. The molecule has 17 heavy (non-hydrogen) atoms. The Hall–Kier alpha value is -0.860. The SMILES string of the molecule is CCN1CCCC(O)(c2ccccc2C)CC1. The van der Waals surface area contributed by atoms with Crippen LogP contribution in [0.2, 0.25) is 0 Å². The Kier molecular flexibility index (Phi) is 3.85. The minimum absolute atomic E-state index is 0.616. The van der Waals surface area contributed by atoms with E-state index in [0.29, 0.717) is 0 Å². The van der Waals surface area contributed by atoms with Crippen LogP contribution in [0.15, 0.2) is 24.3 Å². The van der Waals surface area contributed by atoms with Crippen LogP contribution in [-0.2, 0) is 5.60 Å². The molecule has 2 rings (SSSR count). The van der Waals surface area contributed by atoms with E-state index in [1.165, 1.54) is 5.56 Å². The maximum Gasteiger partial charge on any atom is 0.0911 e. The summed E-state index contributed by atoms with van der Waals surface area (Å²) >= 11 is 0. The molecule has 1 N–H and O–H groups in total. The summed E-state index contributed by atoms with van der Waals surface area (Å²) in [5, 5.41) is 10.9. The topological polar surface area (TPSA) is 23.5 Å². The van der Waals surface area contributed by atoms with Gasteiger partial charge in [-0.15, -0.1) is 0 Å². The van der Waals surface area contributed by atoms with Crippen molar-refractivity contribution >= 4 is 0 Å². The highest BCUT2D eigenvalue weighted by molar-refractivity contribution is 5.31. The summed E-state index contributed by atoms with van der Waals surface area (Å²) in [4.78, 5) is 2.43. The Morgan fingerprint density at radius 3 is 2.71 bits per heavy atom. The summed E-state index contributed by atoms with van der Waals surface area (Å²) in [6.07, 6.45) is 2.82. The van der Waals surface area contributed by atoms with Gasteiger partial charge < -0.3 is 10.0 Å². The minimum atomic E-state index is -0.616. The Balaban J connectivity index is 2.21. The first-order valence-electron chi connectivity index (χ1n) is 6.66. The van der Waals surface area contributed by atoms with Crippen molar-refractivity contribution in [1.29, 1.82) is 0 Å². The lowest BCUT2D eigenvalue weighted by atomic mass is 9.84. The van der Waals surface area contributed by atoms with Crippen molar-refractivity contribution < 1.29 is 5.11 Å². The van der Waals surface area contributed by atoms with Gasteiger partial charge in [0.2, 0.25) is 0 Å². The molecule has 1 aromatic rings. The Labute approximate surface area is 104 Å². The molecular weight excluding hydrogens is 210 g/mol. The molecule has 0 aliphatic carbocycles. The summed E-state index contributed by atoms with van der Waals surface area (Å²) < 4.78 is 0. The van der Waals surface area contributed by atoms with Gasteiger partial charge in [0.25, 0.3) is 0 Å². The molecule has 1 aliphatic heterocycles. The molecule has 0 saturated carbocycles. The van der Waals surface area contributed by atoms with Gasteiger partial charge in [-0.3, -0.25) is 0 Å². The molecule has 2 heteroatoms. The lowest BCUT2D eigenvalue weighted by Crippen LogP contribution is -2.29. The van der Waals surface area contributed by atoms with E-state index < -0.39 is 5.60 Å². The molecule has 1 heterocycles. The van der Waals surface area contributed by atoms with Crippen LogP contribution in [0.1, 0.15) is 37.3 Å². The van der Waals surface area contributed by atoms with Crippen LogP contribution in [0.5, 0.6) is 0 Å². The fraction of sp³-hybridized carbons (Fsp3) is 0.600. The van der Waals surface area contributed by atoms with E-state index in [-0.39, 0.29) is 0 Å². The van der Waals surface area contributed by atoms with Gasteiger partial charge in [0.15, 0.2) is 0 Å². The van der Waals surface area contributed by atoms with Crippen molar-refractivity contribution in [3.63, 3.8) is 0 Å². The van der Waals surface area contributed by atoms with E-state index in [9.17, 15) is 5.11 Å². The lowest BCUT2D eigenvalue weighted by molar-refractivity contribution is 0.0208. The van der Waals surface area contributed by atoms with Crippen molar-refractivity contribution in [1.82, 2.24) is 4.90 Å². The van der Waals surface area contributed by atoms with Gasteiger partial charge in [-0.1, -0.05) is 31.2 Å². The molecule has 0 amide bonds. The number of rotatable bonds is 2. The third-order valence-corrected chi connectivity index (χ3v) is 4.00. The van der Waals surface area contributed by atoms with Crippen LogP contribution in [0.25, 0.3) is 0 Å². The summed E-state index contributed by atoms with van der Waals surface area (Å²) in [5.74, 6) is 0. The van der Waals surface area contributed by atoms with E-state index in [1.807, 2.05) is 12.1 Å². The van der Waals surface area contributed by atoms with Crippen LogP contribution in [0.3, 0.4) is 0 Å². The molecule has 1 aromatic carbocycles. The van der Waals surface area contributed by atoms with Crippen molar-refractivity contribution in [3.05, 3.63) is 35.4 Å². The number of likely N-dealkylation sites (tertiary alicyclic amines) is 1. The fourth-order valence-electron chi connectivity index (χ4n) is 2.86. The van der Waals surface area contributed by atoms with Crippen LogP contribution in [0, 0.1) is 6.92 Å². The summed E-state index contributed by atoms with van der Waals surface area (Å²) in [7, 11) is 0. The minimum Gasteiger partial charge on any atom is -0.385 e. The smallest absolute Gasteiger partial charge is 0.0911 e. The number of aliphatic hydroxyl groups is 1. The van der Waals surface area contributed by atoms with Crippen molar-refractivity contribution in [2.75, 3.05) is 19.6 Å². The lowest BCUT2D eigenvalue weighted by Gasteiger charge is -2.29. The standard InChI is InChI=1S/C15H23NO/c1-3-16-11-6-9-15(17,10-12-16)14-8-5-4-7-13(14)2/h4-5,7-8,17H,3,6,9-12H2,1-2H3. The van der Waals surface area contributed by atoms with Crippen LogP contribution in [0.4, 0.5) is 0 Å². The summed E-state index contributed by atoms with van der Waals surface area (Å²) in [6, 6.07) is 8.24. The largest absolute Gasteiger partial charge is 0.385 e. The van der Waals surface area contributed by atoms with E-state index >= 15 is 0 Å². The monoisotopic (exact) mass is 233 g/mol. The predicted molar refractivity (Wildman–Crippen MR) is 71.0 cm³/mol. The van der Waals surface area contributed by atoms with Crippen molar-refractivity contribution in [3.8, 4) is 0 Å². The fourth-order valence-corrected chi connectivity index (χ4v) is 2.86. The molecule has 1 aliphatic rings. The Morgan fingerprint density at radius 1 is 1.24 bits per heavy atom. The van der Waals surface area contributed by atoms with E-state index in [2.05, 4.69) is 30.9 Å². The molecule has 1 unspecified atom stereocenters. The normalized spacial score (nSPS) is 26.8. The van der Waals surface area contributed by atoms with Crippen LogP contribution >= 0.6 is 0 Å². The first-order valence-corrected chi connectivity index (χ1v) is 6.66. The highest BCUT2D eigenvalue weighted by Crippen LogP contribution is 2.34. The summed E-state index contributed by atoms with van der Waals surface area (Å²) in [5.41, 5.74) is 1.72. The van der Waals surface area contributed by atoms with E-state index in [0.717, 1.165) is 44.5 Å². The molecule has 0 radical (unpaired) electrons. The van der Waals surface area contributed by atoms with Gasteiger partial charge >= 0.3 is 0 Å². The van der Waals surface area contributed by atoms with Crippen LogP contribution in [-0.4, -0.2) is 29.6 Å². The average Bonchev–Trinajstić information content (AvgIpc) is 2.52.